The Morgan fingerprint density at radius 3 is 1.20 bits per heavy atom. The first-order valence-corrected chi connectivity index (χ1v) is 4.19. The average molecular weight is 267 g/mol. The first-order valence-electron chi connectivity index (χ1n) is 1.75. The van der Waals surface area contributed by atoms with Crippen LogP contribution in [0.1, 0.15) is 0 Å². The van der Waals surface area contributed by atoms with E-state index in [1.54, 1.807) is 0 Å². The molecule has 0 aromatic rings. The van der Waals surface area contributed by atoms with Gasteiger partial charge in [0.2, 0.25) is 3.79 Å². The standard InChI is InChI=1S/C2HCl3O.CHCl3/c3-2(4,5)1-6;2-1(3)4/h1H;1H. The highest BCUT2D eigenvalue weighted by atomic mass is 35.6. The molecule has 0 aliphatic rings. The van der Waals surface area contributed by atoms with Gasteiger partial charge in [0.15, 0.2) is 10.6 Å². The van der Waals surface area contributed by atoms with Crippen molar-refractivity contribution in [1.29, 1.82) is 0 Å². The molecule has 0 unspecified atom stereocenters. The van der Waals surface area contributed by atoms with Crippen LogP contribution in [0.2, 0.25) is 0 Å². The molecule has 0 N–H and O–H groups in total. The largest absolute Gasteiger partial charge is 0.299 e. The van der Waals surface area contributed by atoms with Crippen molar-refractivity contribution in [2.75, 3.05) is 0 Å². The minimum Gasteiger partial charge on any atom is -0.299 e. The van der Waals surface area contributed by atoms with Crippen LogP contribution in [0.3, 0.4) is 0 Å². The second kappa shape index (κ2) is 7.08. The van der Waals surface area contributed by atoms with E-state index < -0.39 is 8.09 Å². The number of alkyl halides is 6. The van der Waals surface area contributed by atoms with Crippen LogP contribution in [0.15, 0.2) is 0 Å². The van der Waals surface area contributed by atoms with Crippen molar-refractivity contribution in [1.82, 2.24) is 0 Å². The predicted molar refractivity (Wildman–Crippen MR) is 47.7 cm³/mol. The zero-order valence-corrected chi connectivity index (χ0v) is 8.87. The van der Waals surface area contributed by atoms with Gasteiger partial charge in [0.1, 0.15) is 0 Å². The molecule has 1 nitrogen and oxygen atoms in total. The topological polar surface area (TPSA) is 17.1 Å². The number of halogens is 6. The molecule has 0 aromatic heterocycles. The lowest BCUT2D eigenvalue weighted by molar-refractivity contribution is -0.107. The smallest absolute Gasteiger partial charge is 0.245 e. The molecule has 0 spiro atoms. The maximum absolute atomic E-state index is 9.43. The van der Waals surface area contributed by atoms with Crippen LogP contribution in [-0.2, 0) is 4.79 Å². The third-order valence-corrected chi connectivity index (χ3v) is 0.401. The zero-order chi connectivity index (χ0) is 8.78. The first kappa shape index (κ1) is 14.0. The van der Waals surface area contributed by atoms with Crippen molar-refractivity contribution in [2.45, 2.75) is 8.09 Å². The van der Waals surface area contributed by atoms with Crippen LogP contribution in [0, 0.1) is 0 Å². The Kier molecular flexibility index (Phi) is 9.89. The van der Waals surface area contributed by atoms with E-state index >= 15 is 0 Å². The summed E-state index contributed by atoms with van der Waals surface area (Å²) in [4.78, 5) is 9.43. The second-order valence-electron chi connectivity index (χ2n) is 0.907. The van der Waals surface area contributed by atoms with Crippen LogP contribution in [-0.4, -0.2) is 14.4 Å². The minimum absolute atomic E-state index is 0.234. The molecule has 0 saturated carbocycles. The lowest BCUT2D eigenvalue weighted by Crippen LogP contribution is -2.00. The molecule has 0 saturated heterocycles. The molecule has 0 aliphatic carbocycles. The Morgan fingerprint density at radius 2 is 1.20 bits per heavy atom. The quantitative estimate of drug-likeness (QED) is 0.484. The summed E-state index contributed by atoms with van der Waals surface area (Å²) in [7, 11) is 0. The molecule has 0 bridgehead atoms. The lowest BCUT2D eigenvalue weighted by atomic mass is 10.9. The van der Waals surface area contributed by atoms with Crippen LogP contribution in [0.4, 0.5) is 0 Å². The van der Waals surface area contributed by atoms with Gasteiger partial charge in [-0.1, -0.05) is 69.6 Å². The predicted octanol–water partition coefficient (Wildman–Crippen LogP) is 3.54. The minimum atomic E-state index is -1.72. The van der Waals surface area contributed by atoms with E-state index in [1.165, 1.54) is 0 Å². The molecule has 0 heterocycles. The summed E-state index contributed by atoms with van der Waals surface area (Å²) in [6, 6.07) is 0. The van der Waals surface area contributed by atoms with Crippen LogP contribution >= 0.6 is 69.6 Å². The SMILES string of the molecule is ClC(Cl)Cl.O=CC(Cl)(Cl)Cl. The number of rotatable bonds is 0. The van der Waals surface area contributed by atoms with Gasteiger partial charge in [0.05, 0.1) is 0 Å². The average Bonchev–Trinajstić information content (AvgIpc) is 1.63. The maximum Gasteiger partial charge on any atom is 0.245 e. The summed E-state index contributed by atoms with van der Waals surface area (Å²) < 4.78 is -2.47. The van der Waals surface area contributed by atoms with Gasteiger partial charge in [0.25, 0.3) is 0 Å². The molecule has 0 aliphatic heterocycles. The number of carbonyl (C=O) groups excluding carboxylic acids is 1. The summed E-state index contributed by atoms with van der Waals surface area (Å²) >= 11 is 29.1. The Morgan fingerprint density at radius 1 is 1.10 bits per heavy atom. The molecular weight excluding hydrogens is 265 g/mol. The van der Waals surface area contributed by atoms with Crippen molar-refractivity contribution >= 4 is 75.9 Å². The normalized spacial score (nSPS) is 10.3. The van der Waals surface area contributed by atoms with E-state index in [2.05, 4.69) is 0 Å². The van der Waals surface area contributed by atoms with Gasteiger partial charge >= 0.3 is 0 Å². The monoisotopic (exact) mass is 264 g/mol. The van der Waals surface area contributed by atoms with Gasteiger partial charge in [-0.05, 0) is 0 Å². The Labute approximate surface area is 88.5 Å². The van der Waals surface area contributed by atoms with Crippen molar-refractivity contribution < 1.29 is 4.79 Å². The molecule has 7 heteroatoms. The zero-order valence-electron chi connectivity index (χ0n) is 4.33. The van der Waals surface area contributed by atoms with Gasteiger partial charge in [-0.3, -0.25) is 4.79 Å². The fourth-order valence-corrected chi connectivity index (χ4v) is 0. The van der Waals surface area contributed by atoms with Gasteiger partial charge in [-0.15, -0.1) is 0 Å². The third kappa shape index (κ3) is 34.2. The first-order chi connectivity index (χ1) is 4.29. The van der Waals surface area contributed by atoms with E-state index in [4.69, 9.17) is 69.6 Å². The summed E-state index contributed by atoms with van der Waals surface area (Å²) in [5.74, 6) is 0. The van der Waals surface area contributed by atoms with Crippen molar-refractivity contribution in [2.24, 2.45) is 0 Å². The van der Waals surface area contributed by atoms with Crippen molar-refractivity contribution in [3.05, 3.63) is 0 Å². The fourth-order valence-electron chi connectivity index (χ4n) is 0. The molecule has 62 valence electrons. The van der Waals surface area contributed by atoms with Crippen molar-refractivity contribution in [3.63, 3.8) is 0 Å². The highest BCUT2D eigenvalue weighted by Crippen LogP contribution is 2.21. The highest BCUT2D eigenvalue weighted by Gasteiger charge is 2.16. The second-order valence-corrected chi connectivity index (χ2v) is 5.26. The molecule has 0 fully saturated rings. The number of hydrogen-bond acceptors (Lipinski definition) is 1. The molecule has 0 atom stereocenters. The molecule has 0 radical (unpaired) electrons. The van der Waals surface area contributed by atoms with Gasteiger partial charge < -0.3 is 0 Å². The van der Waals surface area contributed by atoms with E-state index in [0.717, 1.165) is 0 Å². The third-order valence-electron chi connectivity index (χ3n) is 0.134. The number of carbonyl (C=O) groups is 1. The molecule has 0 rings (SSSR count). The van der Waals surface area contributed by atoms with Gasteiger partial charge in [-0.2, -0.15) is 0 Å². The van der Waals surface area contributed by atoms with E-state index in [1.807, 2.05) is 0 Å². The molecular formula is C3H2Cl6O. The highest BCUT2D eigenvalue weighted by molar-refractivity contribution is 6.74. The number of hydrogen-bond donors (Lipinski definition) is 0. The van der Waals surface area contributed by atoms with Crippen LogP contribution in [0.5, 0.6) is 0 Å². The van der Waals surface area contributed by atoms with E-state index in [0.29, 0.717) is 0 Å². The summed E-state index contributed by atoms with van der Waals surface area (Å²) in [6.45, 7) is 0. The fraction of sp³-hybridized carbons (Fsp3) is 0.667. The Balaban J connectivity index is 0. The van der Waals surface area contributed by atoms with Gasteiger partial charge in [0, 0.05) is 0 Å². The molecule has 0 aromatic carbocycles. The Hall–Kier alpha value is 1.41. The maximum atomic E-state index is 9.43. The molecule has 10 heavy (non-hydrogen) atoms. The molecule has 0 amide bonds. The van der Waals surface area contributed by atoms with Crippen molar-refractivity contribution in [3.8, 4) is 0 Å². The van der Waals surface area contributed by atoms with E-state index in [9.17, 15) is 4.79 Å². The summed E-state index contributed by atoms with van der Waals surface area (Å²) in [6.07, 6.45) is 0.234. The Bertz CT molecular complexity index is 82.7. The van der Waals surface area contributed by atoms with Crippen LogP contribution < -0.4 is 0 Å². The van der Waals surface area contributed by atoms with Crippen LogP contribution in [0.25, 0.3) is 0 Å². The number of aldehydes is 1. The van der Waals surface area contributed by atoms with Gasteiger partial charge in [-0.25, -0.2) is 0 Å². The summed E-state index contributed by atoms with van der Waals surface area (Å²) in [5, 5.41) is 0. The van der Waals surface area contributed by atoms with E-state index in [-0.39, 0.29) is 6.29 Å². The lowest BCUT2D eigenvalue weighted by Gasteiger charge is -1.93. The summed E-state index contributed by atoms with van der Waals surface area (Å²) in [5.41, 5.74) is 0.